The summed E-state index contributed by atoms with van der Waals surface area (Å²) in [6.45, 7) is 0.231. The van der Waals surface area contributed by atoms with Crippen LogP contribution in [0, 0.1) is 0 Å². The summed E-state index contributed by atoms with van der Waals surface area (Å²) in [7, 11) is 0. The lowest BCUT2D eigenvalue weighted by Gasteiger charge is -1.99. The maximum Gasteiger partial charge on any atom is 0.321 e. The first-order valence-electron chi connectivity index (χ1n) is 3.93. The molecule has 7 N–H and O–H groups in total. The topological polar surface area (TPSA) is 164 Å². The highest BCUT2D eigenvalue weighted by molar-refractivity contribution is 5.80. The summed E-state index contributed by atoms with van der Waals surface area (Å²) in [4.78, 5) is 29.1. The number of hydrogen-bond acceptors (Lipinski definition) is 5. The van der Waals surface area contributed by atoms with Gasteiger partial charge >= 0.3 is 17.9 Å². The molecule has 15 heavy (non-hydrogen) atoms. The first-order chi connectivity index (χ1) is 6.81. The smallest absolute Gasteiger partial charge is 0.321 e. The van der Waals surface area contributed by atoms with Crippen LogP contribution in [-0.4, -0.2) is 45.8 Å². The van der Waals surface area contributed by atoms with Crippen molar-refractivity contribution in [3.05, 3.63) is 0 Å². The molecule has 0 saturated heterocycles. The third kappa shape index (κ3) is 15.1. The highest BCUT2D eigenvalue weighted by Crippen LogP contribution is 1.86. The number of carboxylic acid groups (broad SMARTS) is 3. The molecule has 0 fully saturated rings. The second-order valence-electron chi connectivity index (χ2n) is 2.48. The molecule has 0 aliphatic heterocycles. The predicted molar refractivity (Wildman–Crippen MR) is 49.2 cm³/mol. The summed E-state index contributed by atoms with van der Waals surface area (Å²) in [5.41, 5.74) is 9.69. The van der Waals surface area contributed by atoms with Crippen molar-refractivity contribution < 1.29 is 29.7 Å². The lowest BCUT2D eigenvalue weighted by atomic mass is 10.2. The van der Waals surface area contributed by atoms with Gasteiger partial charge in [0.2, 0.25) is 0 Å². The molecule has 8 heteroatoms. The van der Waals surface area contributed by atoms with E-state index in [9.17, 15) is 14.4 Å². The van der Waals surface area contributed by atoms with Crippen LogP contribution in [0.4, 0.5) is 0 Å². The summed E-state index contributed by atoms with van der Waals surface area (Å²) in [6.07, 6.45) is -0.463. The standard InChI is InChI=1S/C4H7NO4.C3H7NO2/c5-2(4(8)9)1-3(6)7;4-2-1-3(5)6/h2H,1,5H2,(H,6,7)(H,8,9);1-2,4H2,(H,5,6). The van der Waals surface area contributed by atoms with Crippen LogP contribution in [0.15, 0.2) is 0 Å². The average Bonchev–Trinajstić information content (AvgIpc) is 2.03. The van der Waals surface area contributed by atoms with Crippen LogP contribution in [0.2, 0.25) is 0 Å². The number of carbonyl (C=O) groups is 3. The monoisotopic (exact) mass is 222 g/mol. The Morgan fingerprint density at radius 1 is 1.07 bits per heavy atom. The van der Waals surface area contributed by atoms with Gasteiger partial charge in [0.1, 0.15) is 6.04 Å². The van der Waals surface area contributed by atoms with Crippen LogP contribution in [0.5, 0.6) is 0 Å². The molecule has 1 atom stereocenters. The minimum Gasteiger partial charge on any atom is -0.481 e. The van der Waals surface area contributed by atoms with Crippen molar-refractivity contribution in [1.82, 2.24) is 0 Å². The zero-order chi connectivity index (χ0) is 12.4. The van der Waals surface area contributed by atoms with E-state index < -0.39 is 30.4 Å². The van der Waals surface area contributed by atoms with Crippen LogP contribution in [-0.2, 0) is 14.4 Å². The lowest BCUT2D eigenvalue weighted by molar-refractivity contribution is -0.144. The number of carboxylic acids is 3. The van der Waals surface area contributed by atoms with Gasteiger partial charge in [0, 0.05) is 6.54 Å². The molecule has 88 valence electrons. The number of hydrogen-bond donors (Lipinski definition) is 5. The van der Waals surface area contributed by atoms with Crippen LogP contribution in [0.3, 0.4) is 0 Å². The molecular weight excluding hydrogens is 208 g/mol. The van der Waals surface area contributed by atoms with E-state index in [-0.39, 0.29) is 13.0 Å². The van der Waals surface area contributed by atoms with E-state index in [1.807, 2.05) is 0 Å². The summed E-state index contributed by atoms with van der Waals surface area (Å²) in [5.74, 6) is -3.33. The quantitative estimate of drug-likeness (QED) is 0.367. The van der Waals surface area contributed by atoms with Gasteiger partial charge < -0.3 is 26.8 Å². The molecule has 0 saturated carbocycles. The van der Waals surface area contributed by atoms with Crippen molar-refractivity contribution in [2.75, 3.05) is 6.54 Å². The molecule has 0 aliphatic rings. The maximum absolute atomic E-state index is 9.85. The van der Waals surface area contributed by atoms with Crippen molar-refractivity contribution in [3.63, 3.8) is 0 Å². The third-order valence-corrected chi connectivity index (χ3v) is 1.07. The zero-order valence-corrected chi connectivity index (χ0v) is 7.92. The molecule has 0 rings (SSSR count). The van der Waals surface area contributed by atoms with Crippen LogP contribution >= 0.6 is 0 Å². The van der Waals surface area contributed by atoms with Crippen molar-refractivity contribution in [3.8, 4) is 0 Å². The molecule has 0 aliphatic carbocycles. The fourth-order valence-electron chi connectivity index (χ4n) is 0.399. The van der Waals surface area contributed by atoms with Gasteiger partial charge in [-0.05, 0) is 0 Å². The van der Waals surface area contributed by atoms with Crippen molar-refractivity contribution in [2.45, 2.75) is 18.9 Å². The van der Waals surface area contributed by atoms with Crippen LogP contribution in [0.25, 0.3) is 0 Å². The molecular formula is C7H14N2O6. The Labute approximate surface area is 85.5 Å². The summed E-state index contributed by atoms with van der Waals surface area (Å²) < 4.78 is 0. The minimum absolute atomic E-state index is 0.0694. The molecule has 0 aromatic heterocycles. The fourth-order valence-corrected chi connectivity index (χ4v) is 0.399. The van der Waals surface area contributed by atoms with E-state index in [0.29, 0.717) is 0 Å². The number of aliphatic carboxylic acids is 3. The second-order valence-corrected chi connectivity index (χ2v) is 2.48. The Balaban J connectivity index is 0. The van der Waals surface area contributed by atoms with E-state index in [0.717, 1.165) is 0 Å². The predicted octanol–water partition coefficient (Wildman–Crippen LogP) is -1.71. The molecule has 1 unspecified atom stereocenters. The van der Waals surface area contributed by atoms with Crippen molar-refractivity contribution in [2.24, 2.45) is 11.5 Å². The molecule has 0 aromatic carbocycles. The van der Waals surface area contributed by atoms with Gasteiger partial charge in [-0.1, -0.05) is 0 Å². The Morgan fingerprint density at radius 3 is 1.60 bits per heavy atom. The van der Waals surface area contributed by atoms with E-state index in [2.05, 4.69) is 0 Å². The number of rotatable bonds is 5. The van der Waals surface area contributed by atoms with Crippen LogP contribution < -0.4 is 11.5 Å². The van der Waals surface area contributed by atoms with E-state index in [1.165, 1.54) is 0 Å². The third-order valence-electron chi connectivity index (χ3n) is 1.07. The molecule has 0 radical (unpaired) electrons. The van der Waals surface area contributed by atoms with Crippen LogP contribution in [0.1, 0.15) is 12.8 Å². The SMILES string of the molecule is NC(CC(=O)O)C(=O)O.NCCC(=O)O. The maximum atomic E-state index is 9.85. The molecule has 8 nitrogen and oxygen atoms in total. The largest absolute Gasteiger partial charge is 0.481 e. The highest BCUT2D eigenvalue weighted by atomic mass is 16.4. The second kappa shape index (κ2) is 8.91. The normalized spacial score (nSPS) is 10.8. The summed E-state index contributed by atoms with van der Waals surface area (Å²) in [5, 5.41) is 23.9. The van der Waals surface area contributed by atoms with Gasteiger partial charge in [-0.15, -0.1) is 0 Å². The van der Waals surface area contributed by atoms with E-state index >= 15 is 0 Å². The summed E-state index contributed by atoms with van der Waals surface area (Å²) in [6, 6.07) is -1.29. The Morgan fingerprint density at radius 2 is 1.53 bits per heavy atom. The summed E-state index contributed by atoms with van der Waals surface area (Å²) >= 11 is 0. The van der Waals surface area contributed by atoms with Gasteiger partial charge in [0.15, 0.2) is 0 Å². The van der Waals surface area contributed by atoms with E-state index in [4.69, 9.17) is 26.8 Å². The zero-order valence-electron chi connectivity index (χ0n) is 7.92. The lowest BCUT2D eigenvalue weighted by Crippen LogP contribution is -2.32. The van der Waals surface area contributed by atoms with E-state index in [1.54, 1.807) is 0 Å². The van der Waals surface area contributed by atoms with Gasteiger partial charge in [-0.2, -0.15) is 0 Å². The minimum atomic E-state index is -1.29. The molecule has 0 spiro atoms. The first kappa shape index (κ1) is 15.8. The molecule has 0 heterocycles. The number of nitrogens with two attached hydrogens (primary N) is 2. The van der Waals surface area contributed by atoms with Gasteiger partial charge in [-0.3, -0.25) is 14.4 Å². The van der Waals surface area contributed by atoms with Gasteiger partial charge in [-0.25, -0.2) is 0 Å². The molecule has 0 bridgehead atoms. The van der Waals surface area contributed by atoms with Crippen molar-refractivity contribution in [1.29, 1.82) is 0 Å². The fraction of sp³-hybridized carbons (Fsp3) is 0.571. The van der Waals surface area contributed by atoms with Gasteiger partial charge in [0.25, 0.3) is 0 Å². The Bertz CT molecular complexity index is 230. The Hall–Kier alpha value is -1.67. The van der Waals surface area contributed by atoms with Crippen molar-refractivity contribution >= 4 is 17.9 Å². The molecule has 0 aromatic rings. The van der Waals surface area contributed by atoms with Gasteiger partial charge in [0.05, 0.1) is 12.8 Å². The highest BCUT2D eigenvalue weighted by Gasteiger charge is 2.14. The molecule has 0 amide bonds. The Kier molecular flexibility index (Phi) is 9.37. The first-order valence-corrected chi connectivity index (χ1v) is 3.93. The average molecular weight is 222 g/mol.